The third-order valence-corrected chi connectivity index (χ3v) is 2.63. The van der Waals surface area contributed by atoms with Gasteiger partial charge in [-0.05, 0) is 39.3 Å². The van der Waals surface area contributed by atoms with Crippen LogP contribution in [0, 0.1) is 18.3 Å². The van der Waals surface area contributed by atoms with Crippen LogP contribution >= 0.6 is 0 Å². The number of nitriles is 1. The molecule has 0 bridgehead atoms. The molecule has 1 rings (SSSR count). The summed E-state index contributed by atoms with van der Waals surface area (Å²) in [5.41, 5.74) is 1.13. The predicted octanol–water partition coefficient (Wildman–Crippen LogP) is 2.93. The van der Waals surface area contributed by atoms with Crippen molar-refractivity contribution >= 4 is 17.6 Å². The highest BCUT2D eigenvalue weighted by Crippen LogP contribution is 2.18. The fraction of sp³-hybridized carbons (Fsp3) is 0.438. The van der Waals surface area contributed by atoms with Crippen molar-refractivity contribution in [2.75, 3.05) is 5.32 Å². The molecule has 1 aromatic carbocycles. The molecule has 1 aromatic rings. The van der Waals surface area contributed by atoms with Gasteiger partial charge in [0.1, 0.15) is 11.7 Å². The summed E-state index contributed by atoms with van der Waals surface area (Å²) in [5.74, 6) is -0.731. The van der Waals surface area contributed by atoms with Crippen LogP contribution in [0.15, 0.2) is 18.2 Å². The van der Waals surface area contributed by atoms with Gasteiger partial charge in [-0.1, -0.05) is 12.1 Å². The standard InChI is InChI=1S/C16H20N2O3/c1-11-6-5-7-13(12(11)10-17)18-14(19)8-9-15(20)21-16(2,3)4/h5-7H,8-9H2,1-4H3,(H,18,19). The first kappa shape index (κ1) is 16.7. The van der Waals surface area contributed by atoms with Crippen molar-refractivity contribution in [1.29, 1.82) is 5.26 Å². The lowest BCUT2D eigenvalue weighted by Crippen LogP contribution is -2.24. The molecule has 0 atom stereocenters. The van der Waals surface area contributed by atoms with Gasteiger partial charge >= 0.3 is 5.97 Å². The molecule has 0 spiro atoms. The molecule has 0 saturated carbocycles. The summed E-state index contributed by atoms with van der Waals surface area (Å²) in [7, 11) is 0. The van der Waals surface area contributed by atoms with Crippen molar-refractivity contribution in [3.05, 3.63) is 29.3 Å². The second-order valence-electron chi connectivity index (χ2n) is 5.74. The molecule has 0 unspecified atom stereocenters. The van der Waals surface area contributed by atoms with E-state index in [1.165, 1.54) is 0 Å². The summed E-state index contributed by atoms with van der Waals surface area (Å²) >= 11 is 0. The molecule has 21 heavy (non-hydrogen) atoms. The molecule has 0 aliphatic carbocycles. The monoisotopic (exact) mass is 288 g/mol. The Morgan fingerprint density at radius 1 is 1.29 bits per heavy atom. The maximum absolute atomic E-state index is 11.8. The number of aryl methyl sites for hydroxylation is 1. The van der Waals surface area contributed by atoms with Crippen LogP contribution in [0.5, 0.6) is 0 Å². The summed E-state index contributed by atoms with van der Waals surface area (Å²) in [6.07, 6.45) is 0.0323. The molecule has 5 nitrogen and oxygen atoms in total. The fourth-order valence-corrected chi connectivity index (χ4v) is 1.74. The Morgan fingerprint density at radius 2 is 1.95 bits per heavy atom. The first-order valence-electron chi connectivity index (χ1n) is 6.74. The molecule has 112 valence electrons. The lowest BCUT2D eigenvalue weighted by molar-refractivity contribution is -0.155. The van der Waals surface area contributed by atoms with Crippen LogP contribution in [0.4, 0.5) is 5.69 Å². The van der Waals surface area contributed by atoms with Crippen LogP contribution in [0.2, 0.25) is 0 Å². The Morgan fingerprint density at radius 3 is 2.52 bits per heavy atom. The summed E-state index contributed by atoms with van der Waals surface area (Å²) in [6.45, 7) is 7.12. The summed E-state index contributed by atoms with van der Waals surface area (Å²) in [4.78, 5) is 23.4. The topological polar surface area (TPSA) is 79.2 Å². The van der Waals surface area contributed by atoms with E-state index in [-0.39, 0.29) is 18.7 Å². The fourth-order valence-electron chi connectivity index (χ4n) is 1.74. The minimum atomic E-state index is -0.557. The van der Waals surface area contributed by atoms with E-state index in [9.17, 15) is 9.59 Å². The van der Waals surface area contributed by atoms with Gasteiger partial charge in [0.25, 0.3) is 0 Å². The molecule has 0 radical (unpaired) electrons. The second-order valence-corrected chi connectivity index (χ2v) is 5.74. The third kappa shape index (κ3) is 5.65. The van der Waals surface area contributed by atoms with E-state index >= 15 is 0 Å². The van der Waals surface area contributed by atoms with E-state index in [0.717, 1.165) is 5.56 Å². The zero-order chi connectivity index (χ0) is 16.0. The highest BCUT2D eigenvalue weighted by atomic mass is 16.6. The molecule has 1 N–H and O–H groups in total. The SMILES string of the molecule is Cc1cccc(NC(=O)CCC(=O)OC(C)(C)C)c1C#N. The van der Waals surface area contributed by atoms with Crippen molar-refractivity contribution < 1.29 is 14.3 Å². The number of nitrogens with one attached hydrogen (secondary N) is 1. The molecular formula is C16H20N2O3. The van der Waals surface area contributed by atoms with Gasteiger partial charge in [-0.2, -0.15) is 5.26 Å². The van der Waals surface area contributed by atoms with Crippen LogP contribution in [0.3, 0.4) is 0 Å². The number of esters is 1. The highest BCUT2D eigenvalue weighted by Gasteiger charge is 2.17. The number of rotatable bonds is 4. The first-order chi connectivity index (χ1) is 9.73. The van der Waals surface area contributed by atoms with Crippen LogP contribution < -0.4 is 5.32 Å². The van der Waals surface area contributed by atoms with Crippen molar-refractivity contribution in [2.24, 2.45) is 0 Å². The van der Waals surface area contributed by atoms with E-state index in [4.69, 9.17) is 10.00 Å². The third-order valence-electron chi connectivity index (χ3n) is 2.63. The normalized spacial score (nSPS) is 10.6. The molecule has 0 aliphatic heterocycles. The van der Waals surface area contributed by atoms with E-state index in [1.807, 2.05) is 0 Å². The molecular weight excluding hydrogens is 268 g/mol. The lowest BCUT2D eigenvalue weighted by Gasteiger charge is -2.19. The van der Waals surface area contributed by atoms with Crippen molar-refractivity contribution in [1.82, 2.24) is 0 Å². The van der Waals surface area contributed by atoms with Crippen LogP contribution in [0.25, 0.3) is 0 Å². The van der Waals surface area contributed by atoms with Gasteiger partial charge in [0.15, 0.2) is 0 Å². The molecule has 5 heteroatoms. The molecule has 0 heterocycles. The zero-order valence-electron chi connectivity index (χ0n) is 12.8. The second kappa shape index (κ2) is 6.89. The number of hydrogen-bond donors (Lipinski definition) is 1. The molecule has 0 aromatic heterocycles. The Balaban J connectivity index is 2.58. The Kier molecular flexibility index (Phi) is 5.48. The number of carbonyl (C=O) groups is 2. The number of hydrogen-bond acceptors (Lipinski definition) is 4. The smallest absolute Gasteiger partial charge is 0.306 e. The molecule has 0 fully saturated rings. The highest BCUT2D eigenvalue weighted by molar-refractivity contribution is 5.94. The van der Waals surface area contributed by atoms with Crippen LogP contribution in [-0.4, -0.2) is 17.5 Å². The van der Waals surface area contributed by atoms with E-state index in [0.29, 0.717) is 11.3 Å². The average Bonchev–Trinajstić information content (AvgIpc) is 2.35. The van der Waals surface area contributed by atoms with Gasteiger partial charge in [-0.3, -0.25) is 9.59 Å². The van der Waals surface area contributed by atoms with E-state index < -0.39 is 11.6 Å². The minimum absolute atomic E-state index is 0.0107. The Labute approximate surface area is 124 Å². The predicted molar refractivity (Wildman–Crippen MR) is 79.6 cm³/mol. The largest absolute Gasteiger partial charge is 0.460 e. The number of carbonyl (C=O) groups excluding carboxylic acids is 2. The number of anilines is 1. The summed E-state index contributed by atoms with van der Waals surface area (Å²) in [5, 5.41) is 11.7. The number of benzene rings is 1. The van der Waals surface area contributed by atoms with Crippen molar-refractivity contribution in [3.8, 4) is 6.07 Å². The Hall–Kier alpha value is -2.35. The van der Waals surface area contributed by atoms with Crippen LogP contribution in [0.1, 0.15) is 44.7 Å². The summed E-state index contributed by atoms with van der Waals surface area (Å²) in [6, 6.07) is 7.29. The van der Waals surface area contributed by atoms with Gasteiger partial charge in [0, 0.05) is 6.42 Å². The van der Waals surface area contributed by atoms with E-state index in [1.54, 1.807) is 45.9 Å². The molecule has 0 saturated heterocycles. The number of nitrogens with zero attached hydrogens (tertiary/aromatic N) is 1. The lowest BCUT2D eigenvalue weighted by atomic mass is 10.1. The maximum Gasteiger partial charge on any atom is 0.306 e. The van der Waals surface area contributed by atoms with Gasteiger partial charge in [-0.25, -0.2) is 0 Å². The van der Waals surface area contributed by atoms with Crippen molar-refractivity contribution in [2.45, 2.75) is 46.1 Å². The van der Waals surface area contributed by atoms with Gasteiger partial charge in [0.05, 0.1) is 17.7 Å². The number of ether oxygens (including phenoxy) is 1. The van der Waals surface area contributed by atoms with Gasteiger partial charge < -0.3 is 10.1 Å². The Bertz CT molecular complexity index is 580. The number of amides is 1. The first-order valence-corrected chi connectivity index (χ1v) is 6.74. The van der Waals surface area contributed by atoms with Crippen LogP contribution in [-0.2, 0) is 14.3 Å². The maximum atomic E-state index is 11.8. The van der Waals surface area contributed by atoms with E-state index in [2.05, 4.69) is 11.4 Å². The molecule has 0 aliphatic rings. The zero-order valence-corrected chi connectivity index (χ0v) is 12.8. The van der Waals surface area contributed by atoms with Crippen molar-refractivity contribution in [3.63, 3.8) is 0 Å². The quantitative estimate of drug-likeness (QED) is 0.864. The summed E-state index contributed by atoms with van der Waals surface area (Å²) < 4.78 is 5.13. The molecule has 1 amide bonds. The minimum Gasteiger partial charge on any atom is -0.460 e. The average molecular weight is 288 g/mol. The van der Waals surface area contributed by atoms with Gasteiger partial charge in [0.2, 0.25) is 5.91 Å². The van der Waals surface area contributed by atoms with Gasteiger partial charge in [-0.15, -0.1) is 0 Å².